The number of hydrogen-bond donors (Lipinski definition) is 1. The van der Waals surface area contributed by atoms with E-state index in [0.717, 1.165) is 17.6 Å². The SMILES string of the molecule is CC1CCCC(Nc2cc(Cl)nc(C(C)(C)C)n2)CC1. The third-order valence-electron chi connectivity index (χ3n) is 3.98. The van der Waals surface area contributed by atoms with Crippen LogP contribution < -0.4 is 5.32 Å². The van der Waals surface area contributed by atoms with Crippen LogP contribution in [0.2, 0.25) is 5.15 Å². The number of rotatable bonds is 2. The van der Waals surface area contributed by atoms with E-state index in [0.29, 0.717) is 11.2 Å². The van der Waals surface area contributed by atoms with Gasteiger partial charge in [0, 0.05) is 17.5 Å². The molecule has 1 aliphatic rings. The lowest BCUT2D eigenvalue weighted by atomic mass is 9.96. The highest BCUT2D eigenvalue weighted by atomic mass is 35.5. The topological polar surface area (TPSA) is 37.8 Å². The molecule has 4 heteroatoms. The van der Waals surface area contributed by atoms with E-state index in [1.807, 2.05) is 6.07 Å². The quantitative estimate of drug-likeness (QED) is 0.628. The van der Waals surface area contributed by atoms with Crippen molar-refractivity contribution >= 4 is 17.4 Å². The number of hydrogen-bond acceptors (Lipinski definition) is 3. The molecule has 1 aromatic rings. The number of nitrogens with zero attached hydrogens (tertiary/aromatic N) is 2. The van der Waals surface area contributed by atoms with Crippen molar-refractivity contribution in [2.45, 2.75) is 71.3 Å². The third-order valence-corrected chi connectivity index (χ3v) is 4.17. The molecule has 0 spiro atoms. The normalized spacial score (nSPS) is 24.2. The van der Waals surface area contributed by atoms with E-state index in [2.05, 4.69) is 43.0 Å². The highest BCUT2D eigenvalue weighted by Gasteiger charge is 2.21. The first kappa shape index (κ1) is 15.6. The first-order valence-electron chi connectivity index (χ1n) is 7.66. The van der Waals surface area contributed by atoms with Crippen LogP contribution in [0, 0.1) is 5.92 Å². The minimum atomic E-state index is -0.0840. The zero-order valence-corrected chi connectivity index (χ0v) is 13.8. The van der Waals surface area contributed by atoms with E-state index >= 15 is 0 Å². The molecule has 3 nitrogen and oxygen atoms in total. The molecule has 0 radical (unpaired) electrons. The summed E-state index contributed by atoms with van der Waals surface area (Å²) in [5.74, 6) is 2.52. The van der Waals surface area contributed by atoms with Crippen molar-refractivity contribution in [1.82, 2.24) is 9.97 Å². The van der Waals surface area contributed by atoms with Gasteiger partial charge in [-0.2, -0.15) is 0 Å². The Labute approximate surface area is 127 Å². The maximum Gasteiger partial charge on any atom is 0.137 e. The van der Waals surface area contributed by atoms with Gasteiger partial charge in [0.25, 0.3) is 0 Å². The van der Waals surface area contributed by atoms with Crippen molar-refractivity contribution in [3.63, 3.8) is 0 Å². The second kappa shape index (κ2) is 6.30. The third kappa shape index (κ3) is 4.34. The van der Waals surface area contributed by atoms with Crippen molar-refractivity contribution in [2.75, 3.05) is 5.32 Å². The molecular formula is C16H26ClN3. The van der Waals surface area contributed by atoms with E-state index in [9.17, 15) is 0 Å². The Morgan fingerprint density at radius 1 is 1.15 bits per heavy atom. The lowest BCUT2D eigenvalue weighted by molar-refractivity contribution is 0.501. The zero-order valence-electron chi connectivity index (χ0n) is 13.0. The van der Waals surface area contributed by atoms with Crippen molar-refractivity contribution in [3.05, 3.63) is 17.0 Å². The van der Waals surface area contributed by atoms with Gasteiger partial charge < -0.3 is 5.32 Å². The molecule has 1 heterocycles. The minimum Gasteiger partial charge on any atom is -0.367 e. The number of nitrogens with one attached hydrogen (secondary N) is 1. The predicted octanol–water partition coefficient (Wildman–Crippen LogP) is 4.81. The van der Waals surface area contributed by atoms with Crippen molar-refractivity contribution in [3.8, 4) is 0 Å². The highest BCUT2D eigenvalue weighted by Crippen LogP contribution is 2.26. The van der Waals surface area contributed by atoms with Crippen LogP contribution in [0.15, 0.2) is 6.07 Å². The largest absolute Gasteiger partial charge is 0.367 e. The summed E-state index contributed by atoms with van der Waals surface area (Å²) in [7, 11) is 0. The van der Waals surface area contributed by atoms with Gasteiger partial charge in [0.2, 0.25) is 0 Å². The molecular weight excluding hydrogens is 270 g/mol. The zero-order chi connectivity index (χ0) is 14.8. The molecule has 0 aliphatic heterocycles. The number of aromatic nitrogens is 2. The van der Waals surface area contributed by atoms with Gasteiger partial charge in [-0.3, -0.25) is 0 Å². The van der Waals surface area contributed by atoms with E-state index in [4.69, 9.17) is 11.6 Å². The van der Waals surface area contributed by atoms with Crippen LogP contribution in [0.4, 0.5) is 5.82 Å². The number of halogens is 1. The smallest absolute Gasteiger partial charge is 0.137 e. The van der Waals surface area contributed by atoms with Crippen LogP contribution in [0.5, 0.6) is 0 Å². The molecule has 2 atom stereocenters. The first-order chi connectivity index (χ1) is 9.34. The Balaban J connectivity index is 2.11. The number of anilines is 1. The maximum atomic E-state index is 6.14. The molecule has 0 saturated heterocycles. The molecule has 1 N–H and O–H groups in total. The van der Waals surface area contributed by atoms with Crippen molar-refractivity contribution in [1.29, 1.82) is 0 Å². The van der Waals surface area contributed by atoms with Gasteiger partial charge in [-0.25, -0.2) is 9.97 Å². The van der Waals surface area contributed by atoms with Crippen LogP contribution in [0.25, 0.3) is 0 Å². The van der Waals surface area contributed by atoms with E-state index in [1.165, 1.54) is 32.1 Å². The van der Waals surface area contributed by atoms with Crippen molar-refractivity contribution in [2.24, 2.45) is 5.92 Å². The lowest BCUT2D eigenvalue weighted by Crippen LogP contribution is -2.22. The molecule has 1 saturated carbocycles. The molecule has 0 amide bonds. The summed E-state index contributed by atoms with van der Waals surface area (Å²) >= 11 is 6.14. The van der Waals surface area contributed by atoms with Crippen LogP contribution in [-0.2, 0) is 5.41 Å². The minimum absolute atomic E-state index is 0.0840. The highest BCUT2D eigenvalue weighted by molar-refractivity contribution is 6.29. The van der Waals surface area contributed by atoms with Gasteiger partial charge >= 0.3 is 0 Å². The molecule has 1 aliphatic carbocycles. The molecule has 2 rings (SSSR count). The van der Waals surface area contributed by atoms with Crippen molar-refractivity contribution < 1.29 is 0 Å². The van der Waals surface area contributed by atoms with E-state index < -0.39 is 0 Å². The maximum absolute atomic E-state index is 6.14. The molecule has 1 fully saturated rings. The summed E-state index contributed by atoms with van der Waals surface area (Å²) < 4.78 is 0. The monoisotopic (exact) mass is 295 g/mol. The Hall–Kier alpha value is -0.830. The summed E-state index contributed by atoms with van der Waals surface area (Å²) in [5, 5.41) is 4.08. The Bertz CT molecular complexity index is 454. The fraction of sp³-hybridized carbons (Fsp3) is 0.750. The van der Waals surface area contributed by atoms with Gasteiger partial charge in [-0.05, 0) is 25.2 Å². The second-order valence-corrected chi connectivity index (χ2v) is 7.49. The fourth-order valence-electron chi connectivity index (χ4n) is 2.67. The van der Waals surface area contributed by atoms with E-state index in [1.54, 1.807) is 0 Å². The Morgan fingerprint density at radius 2 is 1.90 bits per heavy atom. The van der Waals surface area contributed by atoms with Gasteiger partial charge in [-0.15, -0.1) is 0 Å². The van der Waals surface area contributed by atoms with Crippen LogP contribution >= 0.6 is 11.6 Å². The summed E-state index contributed by atoms with van der Waals surface area (Å²) in [6.45, 7) is 8.67. The fourth-order valence-corrected chi connectivity index (χ4v) is 2.85. The summed E-state index contributed by atoms with van der Waals surface area (Å²) in [4.78, 5) is 8.99. The summed E-state index contributed by atoms with van der Waals surface area (Å²) in [6, 6.07) is 2.35. The van der Waals surface area contributed by atoms with Gasteiger partial charge in [0.05, 0.1) is 0 Å². The molecule has 1 aromatic heterocycles. The summed E-state index contributed by atoms with van der Waals surface area (Å²) in [6.07, 6.45) is 6.37. The lowest BCUT2D eigenvalue weighted by Gasteiger charge is -2.21. The van der Waals surface area contributed by atoms with Crippen LogP contribution in [0.1, 0.15) is 65.6 Å². The molecule has 0 aromatic carbocycles. The average Bonchev–Trinajstić information content (AvgIpc) is 2.53. The molecule has 112 valence electrons. The first-order valence-corrected chi connectivity index (χ1v) is 8.04. The molecule has 0 bridgehead atoms. The Morgan fingerprint density at radius 3 is 2.60 bits per heavy atom. The van der Waals surface area contributed by atoms with Crippen LogP contribution in [0.3, 0.4) is 0 Å². The Kier molecular flexibility index (Phi) is 4.90. The van der Waals surface area contributed by atoms with E-state index in [-0.39, 0.29) is 5.41 Å². The standard InChI is InChI=1S/C16H26ClN3/c1-11-6-5-7-12(9-8-11)18-14-10-13(17)19-15(20-14)16(2,3)4/h10-12H,5-9H2,1-4H3,(H,18,19,20). The van der Waals surface area contributed by atoms with Crippen LogP contribution in [-0.4, -0.2) is 16.0 Å². The predicted molar refractivity (Wildman–Crippen MR) is 85.4 cm³/mol. The van der Waals surface area contributed by atoms with Gasteiger partial charge in [0.15, 0.2) is 0 Å². The molecule has 20 heavy (non-hydrogen) atoms. The van der Waals surface area contributed by atoms with Gasteiger partial charge in [0.1, 0.15) is 16.8 Å². The molecule has 2 unspecified atom stereocenters. The summed E-state index contributed by atoms with van der Waals surface area (Å²) in [5.41, 5.74) is -0.0840. The second-order valence-electron chi connectivity index (χ2n) is 7.10. The average molecular weight is 296 g/mol. The van der Waals surface area contributed by atoms with Gasteiger partial charge in [-0.1, -0.05) is 52.1 Å².